The van der Waals surface area contributed by atoms with Crippen LogP contribution >= 0.6 is 38.9 Å². The molecule has 2 rings (SSSR count). The second-order valence-corrected chi connectivity index (χ2v) is 7.09. The first-order valence-electron chi connectivity index (χ1n) is 6.42. The molecule has 0 radical (unpaired) electrons. The molecule has 0 aliphatic carbocycles. The highest BCUT2D eigenvalue weighted by molar-refractivity contribution is 9.10. The van der Waals surface area contributed by atoms with Gasteiger partial charge < -0.3 is 10.1 Å². The minimum Gasteiger partial charge on any atom is -0.488 e. The standard InChI is InChI=1S/C15H17BrClNOS/c1-10(2)18-7-13-14(17)4-3-5-15(13)19-8-12-6-11(16)9-20-12/h3-6,9-10,18H,7-8H2,1-2H3. The summed E-state index contributed by atoms with van der Waals surface area (Å²) in [6.45, 7) is 5.49. The SMILES string of the molecule is CC(C)NCc1c(Cl)cccc1OCc1cc(Br)cs1. The van der Waals surface area contributed by atoms with Crippen LogP contribution in [0.4, 0.5) is 0 Å². The molecule has 0 saturated carbocycles. The number of ether oxygens (including phenoxy) is 1. The van der Waals surface area contributed by atoms with Gasteiger partial charge in [-0.05, 0) is 34.1 Å². The zero-order valence-corrected chi connectivity index (χ0v) is 14.6. The average Bonchev–Trinajstić information content (AvgIpc) is 2.81. The van der Waals surface area contributed by atoms with E-state index in [0.29, 0.717) is 19.2 Å². The first-order valence-corrected chi connectivity index (χ1v) is 8.48. The predicted molar refractivity (Wildman–Crippen MR) is 89.8 cm³/mol. The Morgan fingerprint density at radius 3 is 2.85 bits per heavy atom. The van der Waals surface area contributed by atoms with E-state index < -0.39 is 0 Å². The lowest BCUT2D eigenvalue weighted by Gasteiger charge is -2.14. The Balaban J connectivity index is 2.08. The van der Waals surface area contributed by atoms with Crippen molar-refractivity contribution in [3.63, 3.8) is 0 Å². The quantitative estimate of drug-likeness (QED) is 0.746. The molecule has 0 fully saturated rings. The second kappa shape index (κ2) is 7.46. The number of nitrogens with one attached hydrogen (secondary N) is 1. The molecule has 0 atom stereocenters. The van der Waals surface area contributed by atoms with Gasteiger partial charge in [0.05, 0.1) is 0 Å². The highest BCUT2D eigenvalue weighted by Gasteiger charge is 2.09. The topological polar surface area (TPSA) is 21.3 Å². The maximum atomic E-state index is 6.27. The Hall–Kier alpha value is -0.550. The van der Waals surface area contributed by atoms with E-state index in [1.807, 2.05) is 18.2 Å². The maximum absolute atomic E-state index is 6.27. The molecule has 1 aromatic heterocycles. The van der Waals surface area contributed by atoms with Crippen LogP contribution in [0.2, 0.25) is 5.02 Å². The molecular weight excluding hydrogens is 358 g/mol. The van der Waals surface area contributed by atoms with Crippen LogP contribution in [0.1, 0.15) is 24.3 Å². The van der Waals surface area contributed by atoms with Gasteiger partial charge in [-0.15, -0.1) is 11.3 Å². The molecule has 0 unspecified atom stereocenters. The Kier molecular flexibility index (Phi) is 5.90. The lowest BCUT2D eigenvalue weighted by molar-refractivity contribution is 0.305. The monoisotopic (exact) mass is 373 g/mol. The maximum Gasteiger partial charge on any atom is 0.125 e. The van der Waals surface area contributed by atoms with E-state index in [1.54, 1.807) is 11.3 Å². The summed E-state index contributed by atoms with van der Waals surface area (Å²) in [5.74, 6) is 0.843. The molecule has 0 spiro atoms. The summed E-state index contributed by atoms with van der Waals surface area (Å²) in [5, 5.41) is 6.17. The fraction of sp³-hybridized carbons (Fsp3) is 0.333. The Bertz CT molecular complexity index is 571. The van der Waals surface area contributed by atoms with E-state index in [2.05, 4.69) is 46.5 Å². The molecule has 1 N–H and O–H groups in total. The van der Waals surface area contributed by atoms with E-state index in [0.717, 1.165) is 20.8 Å². The third kappa shape index (κ3) is 4.48. The average molecular weight is 375 g/mol. The van der Waals surface area contributed by atoms with Crippen molar-refractivity contribution in [2.24, 2.45) is 0 Å². The predicted octanol–water partition coefficient (Wildman–Crippen LogP) is 5.24. The van der Waals surface area contributed by atoms with Gasteiger partial charge in [-0.3, -0.25) is 0 Å². The molecule has 1 aromatic carbocycles. The van der Waals surface area contributed by atoms with Gasteiger partial charge in [0.25, 0.3) is 0 Å². The highest BCUT2D eigenvalue weighted by atomic mass is 79.9. The normalized spacial score (nSPS) is 11.1. The molecule has 0 aliphatic heterocycles. The van der Waals surface area contributed by atoms with Gasteiger partial charge in [0.15, 0.2) is 0 Å². The number of rotatable bonds is 6. The number of hydrogen-bond donors (Lipinski definition) is 1. The van der Waals surface area contributed by atoms with Gasteiger partial charge in [0.1, 0.15) is 12.4 Å². The van der Waals surface area contributed by atoms with E-state index >= 15 is 0 Å². The molecule has 5 heteroatoms. The van der Waals surface area contributed by atoms with Gasteiger partial charge in [-0.25, -0.2) is 0 Å². The minimum absolute atomic E-state index is 0.410. The first kappa shape index (κ1) is 15.8. The highest BCUT2D eigenvalue weighted by Crippen LogP contribution is 2.28. The van der Waals surface area contributed by atoms with Crippen molar-refractivity contribution in [3.8, 4) is 5.75 Å². The second-order valence-electron chi connectivity index (χ2n) is 4.77. The van der Waals surface area contributed by atoms with Crippen molar-refractivity contribution in [3.05, 3.63) is 49.6 Å². The fourth-order valence-corrected chi connectivity index (χ4v) is 3.33. The Labute approximate surface area is 137 Å². The molecule has 0 aliphatic rings. The van der Waals surface area contributed by atoms with Crippen LogP contribution in [0.3, 0.4) is 0 Å². The first-order chi connectivity index (χ1) is 9.56. The van der Waals surface area contributed by atoms with Crippen molar-refractivity contribution in [1.29, 1.82) is 0 Å². The summed E-state index contributed by atoms with van der Waals surface area (Å²) in [7, 11) is 0. The summed E-state index contributed by atoms with van der Waals surface area (Å²) < 4.78 is 7.01. The largest absolute Gasteiger partial charge is 0.488 e. The van der Waals surface area contributed by atoms with Gasteiger partial charge >= 0.3 is 0 Å². The lowest BCUT2D eigenvalue weighted by atomic mass is 10.2. The van der Waals surface area contributed by atoms with Gasteiger partial charge in [0.2, 0.25) is 0 Å². The van der Waals surface area contributed by atoms with Crippen LogP contribution in [0.25, 0.3) is 0 Å². The van der Waals surface area contributed by atoms with Crippen LogP contribution in [0, 0.1) is 0 Å². The lowest BCUT2D eigenvalue weighted by Crippen LogP contribution is -2.22. The van der Waals surface area contributed by atoms with Crippen LogP contribution in [-0.2, 0) is 13.2 Å². The van der Waals surface area contributed by atoms with Crippen molar-refractivity contribution in [2.75, 3.05) is 0 Å². The molecule has 1 heterocycles. The van der Waals surface area contributed by atoms with Crippen molar-refractivity contribution < 1.29 is 4.74 Å². The summed E-state index contributed by atoms with van der Waals surface area (Å²) in [6.07, 6.45) is 0. The molecule has 2 aromatic rings. The van der Waals surface area contributed by atoms with Crippen LogP contribution in [0.15, 0.2) is 34.1 Å². The molecule has 0 bridgehead atoms. The van der Waals surface area contributed by atoms with Crippen LogP contribution < -0.4 is 10.1 Å². The van der Waals surface area contributed by atoms with Crippen molar-refractivity contribution in [1.82, 2.24) is 5.32 Å². The van der Waals surface area contributed by atoms with Crippen molar-refractivity contribution >= 4 is 38.9 Å². The Morgan fingerprint density at radius 1 is 1.40 bits per heavy atom. The Morgan fingerprint density at radius 2 is 2.20 bits per heavy atom. The number of benzene rings is 1. The summed E-state index contributed by atoms with van der Waals surface area (Å²) in [6, 6.07) is 8.26. The molecule has 0 saturated heterocycles. The zero-order valence-electron chi connectivity index (χ0n) is 11.5. The van der Waals surface area contributed by atoms with E-state index in [4.69, 9.17) is 16.3 Å². The van der Waals surface area contributed by atoms with Crippen LogP contribution in [0.5, 0.6) is 5.75 Å². The molecule has 0 amide bonds. The summed E-state index contributed by atoms with van der Waals surface area (Å²) in [5.41, 5.74) is 1.01. The third-order valence-corrected chi connectivity index (χ3v) is 4.78. The molecule has 108 valence electrons. The summed E-state index contributed by atoms with van der Waals surface area (Å²) in [4.78, 5) is 1.18. The molecular formula is C15H17BrClNOS. The summed E-state index contributed by atoms with van der Waals surface area (Å²) >= 11 is 11.4. The minimum atomic E-state index is 0.410. The smallest absolute Gasteiger partial charge is 0.125 e. The van der Waals surface area contributed by atoms with Crippen molar-refractivity contribution in [2.45, 2.75) is 33.0 Å². The van der Waals surface area contributed by atoms with E-state index in [1.165, 1.54) is 4.88 Å². The third-order valence-electron chi connectivity index (χ3n) is 2.75. The van der Waals surface area contributed by atoms with Gasteiger partial charge in [0, 0.05) is 37.9 Å². The number of thiophene rings is 1. The van der Waals surface area contributed by atoms with Gasteiger partial charge in [-0.2, -0.15) is 0 Å². The van der Waals surface area contributed by atoms with E-state index in [-0.39, 0.29) is 0 Å². The van der Waals surface area contributed by atoms with Gasteiger partial charge in [-0.1, -0.05) is 31.5 Å². The number of halogens is 2. The fourth-order valence-electron chi connectivity index (χ4n) is 1.73. The van der Waals surface area contributed by atoms with E-state index in [9.17, 15) is 0 Å². The molecule has 2 nitrogen and oxygen atoms in total. The number of hydrogen-bond acceptors (Lipinski definition) is 3. The zero-order chi connectivity index (χ0) is 14.5. The van der Waals surface area contributed by atoms with Crippen LogP contribution in [-0.4, -0.2) is 6.04 Å². The molecule has 20 heavy (non-hydrogen) atoms.